The lowest BCUT2D eigenvalue weighted by atomic mass is 9.80. The molecule has 2 heterocycles. The van der Waals surface area contributed by atoms with Crippen molar-refractivity contribution in [1.29, 1.82) is 5.26 Å². The minimum absolute atomic E-state index is 0.0565. The summed E-state index contributed by atoms with van der Waals surface area (Å²) in [6.45, 7) is 0. The number of Topliss-reactive ketones (excluding diaryl/α,β-unsaturated/α-hetero) is 1. The Bertz CT molecular complexity index is 696. The Labute approximate surface area is 128 Å². The Morgan fingerprint density at radius 1 is 1.50 bits per heavy atom. The first-order valence-corrected chi connectivity index (χ1v) is 7.87. The van der Waals surface area contributed by atoms with Gasteiger partial charge in [0.2, 0.25) is 5.88 Å². The van der Waals surface area contributed by atoms with E-state index in [1.807, 2.05) is 11.4 Å². The maximum atomic E-state index is 12.3. The third-order valence-electron chi connectivity index (χ3n) is 3.48. The first kappa shape index (κ1) is 13.4. The van der Waals surface area contributed by atoms with E-state index in [0.717, 1.165) is 15.8 Å². The molecule has 20 heavy (non-hydrogen) atoms. The molecule has 102 valence electrons. The number of ketones is 1. The second-order valence-corrected chi connectivity index (χ2v) is 6.56. The van der Waals surface area contributed by atoms with Gasteiger partial charge in [0.15, 0.2) is 5.78 Å². The molecule has 1 aliphatic carbocycles. The molecule has 0 saturated carbocycles. The normalized spacial score (nSPS) is 22.4. The molecular formula is C14H11BrN2O2S. The van der Waals surface area contributed by atoms with Gasteiger partial charge in [0.1, 0.15) is 17.4 Å². The Morgan fingerprint density at radius 3 is 2.95 bits per heavy atom. The van der Waals surface area contributed by atoms with Crippen LogP contribution >= 0.6 is 27.3 Å². The van der Waals surface area contributed by atoms with Crippen molar-refractivity contribution in [2.45, 2.75) is 25.2 Å². The van der Waals surface area contributed by atoms with E-state index in [4.69, 9.17) is 10.5 Å². The van der Waals surface area contributed by atoms with Crippen molar-refractivity contribution in [3.05, 3.63) is 43.6 Å². The SMILES string of the molecule is N#CC1=C(N)OC2=C(C(=O)CCC2)[C@H]1c1cc(Br)cs1. The molecule has 1 atom stereocenters. The number of nitriles is 1. The predicted octanol–water partition coefficient (Wildman–Crippen LogP) is 3.33. The van der Waals surface area contributed by atoms with Crippen LogP contribution in [0, 0.1) is 11.3 Å². The average molecular weight is 351 g/mol. The molecule has 0 unspecified atom stereocenters. The maximum absolute atomic E-state index is 12.3. The number of halogens is 1. The predicted molar refractivity (Wildman–Crippen MR) is 78.6 cm³/mol. The average Bonchev–Trinajstić information content (AvgIpc) is 2.84. The number of carbonyl (C=O) groups is 1. The number of thiophene rings is 1. The van der Waals surface area contributed by atoms with Gasteiger partial charge < -0.3 is 10.5 Å². The summed E-state index contributed by atoms with van der Waals surface area (Å²) in [4.78, 5) is 13.2. The minimum atomic E-state index is -0.382. The van der Waals surface area contributed by atoms with Gasteiger partial charge in [-0.3, -0.25) is 4.79 Å². The Kier molecular flexibility index (Phi) is 3.40. The summed E-state index contributed by atoms with van der Waals surface area (Å²) < 4.78 is 6.44. The first-order valence-electron chi connectivity index (χ1n) is 6.19. The highest BCUT2D eigenvalue weighted by Gasteiger charge is 2.38. The van der Waals surface area contributed by atoms with Gasteiger partial charge in [-0.1, -0.05) is 0 Å². The summed E-state index contributed by atoms with van der Waals surface area (Å²) in [5.41, 5.74) is 6.79. The summed E-state index contributed by atoms with van der Waals surface area (Å²) >= 11 is 4.91. The van der Waals surface area contributed by atoms with Gasteiger partial charge in [0.05, 0.1) is 5.92 Å². The summed E-state index contributed by atoms with van der Waals surface area (Å²) in [7, 11) is 0. The van der Waals surface area contributed by atoms with Gasteiger partial charge >= 0.3 is 0 Å². The van der Waals surface area contributed by atoms with E-state index in [2.05, 4.69) is 22.0 Å². The molecule has 0 spiro atoms. The molecule has 6 heteroatoms. The quantitative estimate of drug-likeness (QED) is 0.842. The smallest absolute Gasteiger partial charge is 0.205 e. The number of carbonyl (C=O) groups excluding carboxylic acids is 1. The van der Waals surface area contributed by atoms with E-state index in [1.165, 1.54) is 11.3 Å². The van der Waals surface area contributed by atoms with E-state index in [-0.39, 0.29) is 17.6 Å². The standard InChI is InChI=1S/C14H11BrN2O2S/c15-7-4-11(20-6-7)12-8(5-16)14(17)19-10-3-1-2-9(18)13(10)12/h4,6,12H,1-3,17H2/t12-/m1/s1. The fourth-order valence-electron chi connectivity index (χ4n) is 2.62. The Morgan fingerprint density at radius 2 is 2.30 bits per heavy atom. The van der Waals surface area contributed by atoms with Crippen molar-refractivity contribution in [2.24, 2.45) is 5.73 Å². The number of hydrogen-bond donors (Lipinski definition) is 1. The van der Waals surface area contributed by atoms with Crippen LogP contribution in [0.4, 0.5) is 0 Å². The van der Waals surface area contributed by atoms with Crippen LogP contribution < -0.4 is 5.73 Å². The lowest BCUT2D eigenvalue weighted by Gasteiger charge is -2.30. The molecule has 1 aromatic heterocycles. The van der Waals surface area contributed by atoms with Crippen molar-refractivity contribution in [3.63, 3.8) is 0 Å². The van der Waals surface area contributed by atoms with E-state index in [9.17, 15) is 10.1 Å². The lowest BCUT2D eigenvalue weighted by molar-refractivity contribution is -0.116. The largest absolute Gasteiger partial charge is 0.444 e. The highest BCUT2D eigenvalue weighted by Crippen LogP contribution is 2.45. The van der Waals surface area contributed by atoms with Gasteiger partial charge in [0.25, 0.3) is 0 Å². The van der Waals surface area contributed by atoms with Crippen LogP contribution in [-0.4, -0.2) is 5.78 Å². The third kappa shape index (κ3) is 2.07. The van der Waals surface area contributed by atoms with Gasteiger partial charge in [-0.2, -0.15) is 5.26 Å². The summed E-state index contributed by atoms with van der Waals surface area (Å²) in [6.07, 6.45) is 1.97. The van der Waals surface area contributed by atoms with Crippen LogP contribution in [0.5, 0.6) is 0 Å². The van der Waals surface area contributed by atoms with Gasteiger partial charge in [-0.25, -0.2) is 0 Å². The van der Waals surface area contributed by atoms with Crippen LogP contribution in [0.3, 0.4) is 0 Å². The molecule has 0 amide bonds. The van der Waals surface area contributed by atoms with Crippen molar-refractivity contribution in [2.75, 3.05) is 0 Å². The van der Waals surface area contributed by atoms with Crippen LogP contribution in [0.25, 0.3) is 0 Å². The zero-order chi connectivity index (χ0) is 14.3. The number of nitrogens with two attached hydrogens (primary N) is 1. The second kappa shape index (κ2) is 5.08. The van der Waals surface area contributed by atoms with Crippen molar-refractivity contribution in [1.82, 2.24) is 0 Å². The first-order chi connectivity index (χ1) is 9.61. The molecule has 2 aliphatic rings. The van der Waals surface area contributed by atoms with Crippen LogP contribution in [0.1, 0.15) is 30.1 Å². The fourth-order valence-corrected chi connectivity index (χ4v) is 4.18. The molecule has 0 fully saturated rings. The van der Waals surface area contributed by atoms with Crippen LogP contribution in [0.2, 0.25) is 0 Å². The molecule has 4 nitrogen and oxygen atoms in total. The molecule has 0 radical (unpaired) electrons. The number of nitrogens with zero attached hydrogens (tertiary/aromatic N) is 1. The molecule has 1 aliphatic heterocycles. The fraction of sp³-hybridized carbons (Fsp3) is 0.286. The van der Waals surface area contributed by atoms with Crippen LogP contribution in [-0.2, 0) is 9.53 Å². The monoisotopic (exact) mass is 350 g/mol. The zero-order valence-corrected chi connectivity index (χ0v) is 12.9. The molecular weight excluding hydrogens is 340 g/mol. The van der Waals surface area contributed by atoms with Crippen molar-refractivity contribution < 1.29 is 9.53 Å². The van der Waals surface area contributed by atoms with Gasteiger partial charge in [-0.15, -0.1) is 11.3 Å². The molecule has 3 rings (SSSR count). The topological polar surface area (TPSA) is 76.1 Å². The molecule has 1 aromatic rings. The van der Waals surface area contributed by atoms with Crippen LogP contribution in [0.15, 0.2) is 38.7 Å². The van der Waals surface area contributed by atoms with E-state index >= 15 is 0 Å². The zero-order valence-electron chi connectivity index (χ0n) is 10.5. The Balaban J connectivity index is 2.18. The highest BCUT2D eigenvalue weighted by atomic mass is 79.9. The summed E-state index contributed by atoms with van der Waals surface area (Å²) in [5, 5.41) is 11.3. The molecule has 0 saturated heterocycles. The number of ether oxygens (including phenoxy) is 1. The maximum Gasteiger partial charge on any atom is 0.205 e. The highest BCUT2D eigenvalue weighted by molar-refractivity contribution is 9.10. The summed E-state index contributed by atoms with van der Waals surface area (Å²) in [5.74, 6) is 0.427. The van der Waals surface area contributed by atoms with E-state index in [0.29, 0.717) is 29.7 Å². The van der Waals surface area contributed by atoms with Gasteiger partial charge in [-0.05, 0) is 28.4 Å². The second-order valence-electron chi connectivity index (χ2n) is 4.71. The van der Waals surface area contributed by atoms with Gasteiger partial charge in [0, 0.05) is 33.1 Å². The van der Waals surface area contributed by atoms with Crippen molar-refractivity contribution >= 4 is 33.0 Å². The number of rotatable bonds is 1. The molecule has 2 N–H and O–H groups in total. The number of allylic oxidation sites excluding steroid dienone is 3. The number of hydrogen-bond acceptors (Lipinski definition) is 5. The van der Waals surface area contributed by atoms with E-state index < -0.39 is 0 Å². The molecule has 0 aromatic carbocycles. The lowest BCUT2D eigenvalue weighted by Crippen LogP contribution is -2.26. The molecule has 0 bridgehead atoms. The Hall–Kier alpha value is -1.58. The van der Waals surface area contributed by atoms with Crippen molar-refractivity contribution in [3.8, 4) is 6.07 Å². The third-order valence-corrected chi connectivity index (χ3v) is 5.24. The van der Waals surface area contributed by atoms with E-state index in [1.54, 1.807) is 0 Å². The minimum Gasteiger partial charge on any atom is -0.444 e. The summed E-state index contributed by atoms with van der Waals surface area (Å²) in [6, 6.07) is 4.03.